The highest BCUT2D eigenvalue weighted by atomic mass is 35.5. The summed E-state index contributed by atoms with van der Waals surface area (Å²) in [6.07, 6.45) is 8.53. The summed E-state index contributed by atoms with van der Waals surface area (Å²) in [6, 6.07) is 1.52. The van der Waals surface area contributed by atoms with Crippen molar-refractivity contribution < 1.29 is 0 Å². The van der Waals surface area contributed by atoms with Gasteiger partial charge in [-0.2, -0.15) is 0 Å². The summed E-state index contributed by atoms with van der Waals surface area (Å²) in [4.78, 5) is 5.37. The number of hydrogen-bond donors (Lipinski definition) is 0. The monoisotopic (exact) mass is 388 g/mol. The van der Waals surface area contributed by atoms with Gasteiger partial charge in [-0.15, -0.1) is 24.8 Å². The zero-order chi connectivity index (χ0) is 14.2. The average molecular weight is 390 g/mol. The molecule has 0 amide bonds. The molecule has 0 bridgehead atoms. The first-order chi connectivity index (χ1) is 9.77. The van der Waals surface area contributed by atoms with E-state index in [0.29, 0.717) is 0 Å². The smallest absolute Gasteiger partial charge is 0.0191 e. The fraction of sp³-hybridized carbons (Fsp3) is 1.00. The van der Waals surface area contributed by atoms with Crippen LogP contribution in [0.3, 0.4) is 0 Å². The van der Waals surface area contributed by atoms with Gasteiger partial charge in [-0.1, -0.05) is 34.4 Å². The van der Waals surface area contributed by atoms with Crippen LogP contribution in [0.2, 0.25) is 0 Å². The van der Waals surface area contributed by atoms with Gasteiger partial charge in [-0.05, 0) is 65.7 Å². The molecule has 0 aromatic heterocycles. The highest BCUT2D eigenvalue weighted by Gasteiger charge is 2.18. The molecule has 134 valence electrons. The van der Waals surface area contributed by atoms with E-state index in [2.05, 4.69) is 45.2 Å². The lowest BCUT2D eigenvalue weighted by atomic mass is 10.1. The number of piperidine rings is 2. The van der Waals surface area contributed by atoms with Gasteiger partial charge in [-0.3, -0.25) is 9.80 Å². The molecule has 0 saturated carbocycles. The second-order valence-corrected chi connectivity index (χ2v) is 9.01. The SMILES string of the molecule is CC(CSSCC(C)N1CCCCC1)N1CCCCC1.Cl.Cl. The van der Waals surface area contributed by atoms with Crippen molar-refractivity contribution in [1.82, 2.24) is 9.80 Å². The molecular formula is C16H34Cl2N2S2. The summed E-state index contributed by atoms with van der Waals surface area (Å²) in [5.74, 6) is 2.58. The van der Waals surface area contributed by atoms with Gasteiger partial charge in [0.15, 0.2) is 0 Å². The molecular weight excluding hydrogens is 355 g/mol. The van der Waals surface area contributed by atoms with Crippen molar-refractivity contribution in [2.24, 2.45) is 0 Å². The predicted octanol–water partition coefficient (Wildman–Crippen LogP) is 4.96. The summed E-state index contributed by atoms with van der Waals surface area (Å²) in [6.45, 7) is 10.1. The topological polar surface area (TPSA) is 6.48 Å². The minimum Gasteiger partial charge on any atom is -0.300 e. The van der Waals surface area contributed by atoms with Gasteiger partial charge in [0.2, 0.25) is 0 Å². The number of nitrogens with zero attached hydrogens (tertiary/aromatic N) is 2. The van der Waals surface area contributed by atoms with Crippen LogP contribution in [0.25, 0.3) is 0 Å². The number of hydrogen-bond acceptors (Lipinski definition) is 4. The quantitative estimate of drug-likeness (QED) is 0.448. The molecule has 2 aliphatic heterocycles. The van der Waals surface area contributed by atoms with Crippen LogP contribution < -0.4 is 0 Å². The van der Waals surface area contributed by atoms with Crippen LogP contribution >= 0.6 is 46.4 Å². The largest absolute Gasteiger partial charge is 0.300 e. The molecule has 2 atom stereocenters. The van der Waals surface area contributed by atoms with Crippen molar-refractivity contribution in [1.29, 1.82) is 0 Å². The van der Waals surface area contributed by atoms with E-state index in [1.54, 1.807) is 0 Å². The lowest BCUT2D eigenvalue weighted by Gasteiger charge is -2.33. The maximum Gasteiger partial charge on any atom is 0.0191 e. The van der Waals surface area contributed by atoms with Crippen LogP contribution in [0.4, 0.5) is 0 Å². The Morgan fingerprint density at radius 3 is 1.27 bits per heavy atom. The molecule has 0 aromatic carbocycles. The number of likely N-dealkylation sites (tertiary alicyclic amines) is 2. The van der Waals surface area contributed by atoms with E-state index in [1.807, 2.05) is 0 Å². The first-order valence-electron chi connectivity index (χ1n) is 8.50. The van der Waals surface area contributed by atoms with E-state index in [1.165, 1.54) is 76.2 Å². The lowest BCUT2D eigenvalue weighted by molar-refractivity contribution is 0.187. The predicted molar refractivity (Wildman–Crippen MR) is 109 cm³/mol. The summed E-state index contributed by atoms with van der Waals surface area (Å²) in [7, 11) is 4.19. The van der Waals surface area contributed by atoms with E-state index < -0.39 is 0 Å². The van der Waals surface area contributed by atoms with Gasteiger partial charge in [0.25, 0.3) is 0 Å². The van der Waals surface area contributed by atoms with Crippen LogP contribution in [-0.4, -0.2) is 59.6 Å². The third kappa shape index (κ3) is 8.34. The van der Waals surface area contributed by atoms with Gasteiger partial charge in [0, 0.05) is 23.6 Å². The van der Waals surface area contributed by atoms with Gasteiger partial charge >= 0.3 is 0 Å². The minimum absolute atomic E-state index is 0. The van der Waals surface area contributed by atoms with E-state index >= 15 is 0 Å². The van der Waals surface area contributed by atoms with Crippen molar-refractivity contribution in [3.8, 4) is 0 Å². The fourth-order valence-electron chi connectivity index (χ4n) is 3.22. The van der Waals surface area contributed by atoms with Crippen LogP contribution in [0, 0.1) is 0 Å². The number of halogens is 2. The Bertz CT molecular complexity index is 235. The molecule has 2 rings (SSSR count). The fourth-order valence-corrected chi connectivity index (χ4v) is 5.99. The van der Waals surface area contributed by atoms with Gasteiger partial charge in [0.05, 0.1) is 0 Å². The Balaban J connectivity index is 0.00000220. The molecule has 0 N–H and O–H groups in total. The second-order valence-electron chi connectivity index (χ2n) is 6.46. The van der Waals surface area contributed by atoms with Crippen LogP contribution in [0.1, 0.15) is 52.4 Å². The zero-order valence-corrected chi connectivity index (χ0v) is 17.4. The standard InChI is InChI=1S/C16H32N2S2.2ClH/c1-15(17-9-5-3-6-10-17)13-19-20-14-16(2)18-11-7-4-8-12-18;;/h15-16H,3-14H2,1-2H3;2*1H. The van der Waals surface area contributed by atoms with Crippen molar-refractivity contribution in [2.75, 3.05) is 37.7 Å². The van der Waals surface area contributed by atoms with E-state index in [9.17, 15) is 0 Å². The summed E-state index contributed by atoms with van der Waals surface area (Å²) in [5, 5.41) is 0. The maximum absolute atomic E-state index is 2.69. The summed E-state index contributed by atoms with van der Waals surface area (Å²) < 4.78 is 0. The Morgan fingerprint density at radius 2 is 0.955 bits per heavy atom. The molecule has 2 fully saturated rings. The normalized spacial score (nSPS) is 23.2. The maximum atomic E-state index is 2.69. The molecule has 0 radical (unpaired) electrons. The van der Waals surface area contributed by atoms with Gasteiger partial charge in [-0.25, -0.2) is 0 Å². The first-order valence-corrected chi connectivity index (χ1v) is 11.0. The molecule has 2 unspecified atom stereocenters. The van der Waals surface area contributed by atoms with Crippen molar-refractivity contribution in [3.05, 3.63) is 0 Å². The summed E-state index contributed by atoms with van der Waals surface area (Å²) in [5.41, 5.74) is 0. The Labute approximate surface area is 158 Å². The van der Waals surface area contributed by atoms with Crippen molar-refractivity contribution >= 4 is 46.4 Å². The third-order valence-electron chi connectivity index (χ3n) is 4.73. The third-order valence-corrected chi connectivity index (χ3v) is 7.45. The lowest BCUT2D eigenvalue weighted by Crippen LogP contribution is -2.39. The molecule has 0 spiro atoms. The first kappa shape index (κ1) is 23.2. The van der Waals surface area contributed by atoms with E-state index in [0.717, 1.165) is 12.1 Å². The van der Waals surface area contributed by atoms with Crippen LogP contribution in [0.5, 0.6) is 0 Å². The van der Waals surface area contributed by atoms with Gasteiger partial charge in [0.1, 0.15) is 0 Å². The second kappa shape index (κ2) is 13.5. The van der Waals surface area contributed by atoms with E-state index in [-0.39, 0.29) is 24.8 Å². The molecule has 2 saturated heterocycles. The summed E-state index contributed by atoms with van der Waals surface area (Å²) >= 11 is 0. The molecule has 0 aliphatic carbocycles. The van der Waals surface area contributed by atoms with Crippen LogP contribution in [-0.2, 0) is 0 Å². The molecule has 2 nitrogen and oxygen atoms in total. The molecule has 6 heteroatoms. The number of rotatable bonds is 7. The van der Waals surface area contributed by atoms with E-state index in [4.69, 9.17) is 0 Å². The Hall–Kier alpha value is 1.20. The highest BCUT2D eigenvalue weighted by molar-refractivity contribution is 8.76. The average Bonchev–Trinajstić information content (AvgIpc) is 2.53. The minimum atomic E-state index is 0. The highest BCUT2D eigenvalue weighted by Crippen LogP contribution is 2.27. The molecule has 0 aromatic rings. The Morgan fingerprint density at radius 1 is 0.636 bits per heavy atom. The van der Waals surface area contributed by atoms with Crippen molar-refractivity contribution in [2.45, 2.75) is 64.5 Å². The Kier molecular flexibility index (Phi) is 14.2. The molecule has 2 aliphatic rings. The molecule has 2 heterocycles. The zero-order valence-electron chi connectivity index (χ0n) is 14.2. The molecule has 22 heavy (non-hydrogen) atoms. The van der Waals surface area contributed by atoms with Crippen LogP contribution in [0.15, 0.2) is 0 Å². The van der Waals surface area contributed by atoms with Gasteiger partial charge < -0.3 is 0 Å². The van der Waals surface area contributed by atoms with Crippen molar-refractivity contribution in [3.63, 3.8) is 0 Å².